The third kappa shape index (κ3) is 4.10. The molecule has 0 unspecified atom stereocenters. The number of aromatic nitrogens is 2. The van der Waals surface area contributed by atoms with Crippen LogP contribution in [0.15, 0.2) is 105 Å². The number of rotatable bonds is 4. The number of hydrogen-bond donors (Lipinski definition) is 1. The molecule has 0 aliphatic heterocycles. The molecule has 0 saturated carbocycles. The quantitative estimate of drug-likeness (QED) is 0.232. The second-order valence-corrected chi connectivity index (χ2v) is 9.31. The molecular formula is C24H16ClN3S2. The first-order chi connectivity index (χ1) is 14.6. The van der Waals surface area contributed by atoms with Gasteiger partial charge < -0.3 is 5.73 Å². The molecule has 0 aliphatic rings. The number of fused-ring (bicyclic) bond motifs is 2. The lowest BCUT2D eigenvalue weighted by Gasteiger charge is -2.10. The van der Waals surface area contributed by atoms with Gasteiger partial charge in [-0.1, -0.05) is 65.5 Å². The first-order valence-corrected chi connectivity index (χ1v) is 11.3. The molecule has 146 valence electrons. The zero-order chi connectivity index (χ0) is 20.5. The molecule has 0 amide bonds. The summed E-state index contributed by atoms with van der Waals surface area (Å²) in [7, 11) is 0. The SMILES string of the molecule is Nc1ccc(Sc2nc3cc4ccccc4cc3nc2Sc2cccc(Cl)c2)cc1. The van der Waals surface area contributed by atoms with Gasteiger partial charge in [-0.15, -0.1) is 0 Å². The van der Waals surface area contributed by atoms with Gasteiger partial charge in [0.1, 0.15) is 10.1 Å². The van der Waals surface area contributed by atoms with Gasteiger partial charge in [-0.3, -0.25) is 0 Å². The lowest BCUT2D eigenvalue weighted by molar-refractivity contribution is 0.969. The minimum absolute atomic E-state index is 0.701. The summed E-state index contributed by atoms with van der Waals surface area (Å²) in [6, 6.07) is 28.0. The molecular weight excluding hydrogens is 430 g/mol. The van der Waals surface area contributed by atoms with Gasteiger partial charge in [0.2, 0.25) is 0 Å². The van der Waals surface area contributed by atoms with E-state index in [0.29, 0.717) is 5.02 Å². The highest BCUT2D eigenvalue weighted by Gasteiger charge is 2.13. The molecule has 0 saturated heterocycles. The second kappa shape index (κ2) is 8.19. The predicted octanol–water partition coefficient (Wildman–Crippen LogP) is 7.32. The van der Waals surface area contributed by atoms with E-state index in [9.17, 15) is 0 Å². The number of nitrogens with two attached hydrogens (primary N) is 1. The fourth-order valence-electron chi connectivity index (χ4n) is 3.13. The van der Waals surface area contributed by atoms with Crippen molar-refractivity contribution in [3.63, 3.8) is 0 Å². The van der Waals surface area contributed by atoms with Crippen LogP contribution in [0.2, 0.25) is 5.02 Å². The Hall–Kier alpha value is -2.73. The average molecular weight is 446 g/mol. The van der Waals surface area contributed by atoms with Crippen LogP contribution in [-0.4, -0.2) is 9.97 Å². The van der Waals surface area contributed by atoms with Crippen LogP contribution in [0.5, 0.6) is 0 Å². The van der Waals surface area contributed by atoms with E-state index >= 15 is 0 Å². The average Bonchev–Trinajstić information content (AvgIpc) is 2.74. The summed E-state index contributed by atoms with van der Waals surface area (Å²) in [6.07, 6.45) is 0. The van der Waals surface area contributed by atoms with Gasteiger partial charge in [-0.2, -0.15) is 0 Å². The van der Waals surface area contributed by atoms with Gasteiger partial charge in [0.15, 0.2) is 0 Å². The maximum Gasteiger partial charge on any atom is 0.134 e. The molecule has 5 rings (SSSR count). The van der Waals surface area contributed by atoms with Gasteiger partial charge in [0.05, 0.1) is 11.0 Å². The maximum atomic E-state index is 6.19. The van der Waals surface area contributed by atoms with E-state index in [4.69, 9.17) is 27.3 Å². The van der Waals surface area contributed by atoms with Crippen LogP contribution in [0.4, 0.5) is 5.69 Å². The molecule has 1 heterocycles. The summed E-state index contributed by atoms with van der Waals surface area (Å²) in [6.45, 7) is 0. The largest absolute Gasteiger partial charge is 0.399 e. The Labute approximate surface area is 187 Å². The van der Waals surface area contributed by atoms with Crippen LogP contribution >= 0.6 is 35.1 Å². The van der Waals surface area contributed by atoms with Crippen molar-refractivity contribution in [1.29, 1.82) is 0 Å². The highest BCUT2D eigenvalue weighted by atomic mass is 35.5. The topological polar surface area (TPSA) is 51.8 Å². The molecule has 0 fully saturated rings. The monoisotopic (exact) mass is 445 g/mol. The van der Waals surface area contributed by atoms with Gasteiger partial charge >= 0.3 is 0 Å². The van der Waals surface area contributed by atoms with E-state index in [2.05, 4.69) is 24.3 Å². The summed E-state index contributed by atoms with van der Waals surface area (Å²) in [5, 5.41) is 4.71. The molecule has 0 aliphatic carbocycles. The Bertz CT molecular complexity index is 1370. The van der Waals surface area contributed by atoms with E-state index in [1.807, 2.05) is 60.7 Å². The van der Waals surface area contributed by atoms with Gasteiger partial charge in [-0.05, 0) is 65.4 Å². The van der Waals surface area contributed by atoms with Crippen molar-refractivity contribution >= 4 is 62.6 Å². The van der Waals surface area contributed by atoms with Gasteiger partial charge in [0.25, 0.3) is 0 Å². The third-order valence-corrected chi connectivity index (χ3v) is 6.89. The van der Waals surface area contributed by atoms with Crippen LogP contribution in [0, 0.1) is 0 Å². The van der Waals surface area contributed by atoms with Gasteiger partial charge in [0, 0.05) is 20.5 Å². The molecule has 30 heavy (non-hydrogen) atoms. The first kappa shape index (κ1) is 19.2. The molecule has 3 nitrogen and oxygen atoms in total. The molecule has 0 bridgehead atoms. The Morgan fingerprint density at radius 3 is 1.83 bits per heavy atom. The summed E-state index contributed by atoms with van der Waals surface area (Å²) in [5.41, 5.74) is 8.33. The van der Waals surface area contributed by atoms with E-state index in [1.165, 1.54) is 0 Å². The summed E-state index contributed by atoms with van der Waals surface area (Å²) in [4.78, 5) is 12.0. The van der Waals surface area contributed by atoms with Crippen molar-refractivity contribution in [3.05, 3.63) is 90.0 Å². The number of anilines is 1. The fourth-order valence-corrected chi connectivity index (χ4v) is 5.24. The Balaban J connectivity index is 1.64. The lowest BCUT2D eigenvalue weighted by atomic mass is 10.1. The predicted molar refractivity (Wildman–Crippen MR) is 128 cm³/mol. The molecule has 0 atom stereocenters. The van der Waals surface area contributed by atoms with Crippen molar-refractivity contribution in [2.45, 2.75) is 19.8 Å². The highest BCUT2D eigenvalue weighted by molar-refractivity contribution is 8.02. The molecule has 0 spiro atoms. The smallest absolute Gasteiger partial charge is 0.134 e. The van der Waals surface area contributed by atoms with Crippen LogP contribution in [0.25, 0.3) is 21.8 Å². The molecule has 4 aromatic carbocycles. The van der Waals surface area contributed by atoms with E-state index < -0.39 is 0 Å². The van der Waals surface area contributed by atoms with Crippen LogP contribution in [-0.2, 0) is 0 Å². The van der Waals surface area contributed by atoms with Gasteiger partial charge in [-0.25, -0.2) is 9.97 Å². The minimum Gasteiger partial charge on any atom is -0.399 e. The highest BCUT2D eigenvalue weighted by Crippen LogP contribution is 2.38. The molecule has 0 radical (unpaired) electrons. The standard InChI is InChI=1S/C24H16ClN3S2/c25-17-6-3-7-20(14-17)30-24-23(29-19-10-8-18(26)9-11-19)27-21-12-15-4-1-2-5-16(15)13-22(21)28-24/h1-14H,26H2. The first-order valence-electron chi connectivity index (χ1n) is 9.31. The third-order valence-electron chi connectivity index (χ3n) is 4.58. The Morgan fingerprint density at radius 1 is 0.633 bits per heavy atom. The second-order valence-electron chi connectivity index (χ2n) is 6.75. The zero-order valence-electron chi connectivity index (χ0n) is 15.7. The minimum atomic E-state index is 0.701. The number of nitrogen functional groups attached to an aromatic ring is 1. The van der Waals surface area contributed by atoms with Crippen LogP contribution < -0.4 is 5.73 Å². The van der Waals surface area contributed by atoms with Crippen molar-refractivity contribution < 1.29 is 0 Å². The fraction of sp³-hybridized carbons (Fsp3) is 0. The molecule has 6 heteroatoms. The number of hydrogen-bond acceptors (Lipinski definition) is 5. The summed E-state index contributed by atoms with van der Waals surface area (Å²) >= 11 is 9.34. The lowest BCUT2D eigenvalue weighted by Crippen LogP contribution is -1.93. The Kier molecular flexibility index (Phi) is 5.25. The van der Waals surface area contributed by atoms with E-state index in [0.717, 1.165) is 47.3 Å². The summed E-state index contributed by atoms with van der Waals surface area (Å²) < 4.78 is 0. The normalized spacial score (nSPS) is 11.2. The molecule has 5 aromatic rings. The zero-order valence-corrected chi connectivity index (χ0v) is 18.1. The number of nitrogens with zero attached hydrogens (tertiary/aromatic N) is 2. The summed E-state index contributed by atoms with van der Waals surface area (Å²) in [5.74, 6) is 0. The number of halogens is 1. The molecule has 2 N–H and O–H groups in total. The Morgan fingerprint density at radius 2 is 1.23 bits per heavy atom. The van der Waals surface area contributed by atoms with Crippen molar-refractivity contribution in [2.75, 3.05) is 5.73 Å². The van der Waals surface area contributed by atoms with Crippen molar-refractivity contribution in [1.82, 2.24) is 9.97 Å². The van der Waals surface area contributed by atoms with Crippen molar-refractivity contribution in [3.8, 4) is 0 Å². The van der Waals surface area contributed by atoms with E-state index in [1.54, 1.807) is 23.5 Å². The van der Waals surface area contributed by atoms with Crippen LogP contribution in [0.1, 0.15) is 0 Å². The van der Waals surface area contributed by atoms with Crippen LogP contribution in [0.3, 0.4) is 0 Å². The molecule has 1 aromatic heterocycles. The van der Waals surface area contributed by atoms with E-state index in [-0.39, 0.29) is 0 Å². The number of benzene rings is 4. The van der Waals surface area contributed by atoms with Crippen molar-refractivity contribution in [2.24, 2.45) is 0 Å². The maximum absolute atomic E-state index is 6.19.